The first-order valence-corrected chi connectivity index (χ1v) is 8.54. The molecule has 26 heavy (non-hydrogen) atoms. The second kappa shape index (κ2) is 8.13. The van der Waals surface area contributed by atoms with Crippen molar-refractivity contribution < 1.29 is 4.79 Å². The summed E-state index contributed by atoms with van der Waals surface area (Å²) in [5.41, 5.74) is 3.69. The van der Waals surface area contributed by atoms with E-state index < -0.39 is 0 Å². The van der Waals surface area contributed by atoms with E-state index in [2.05, 4.69) is 33.8 Å². The van der Waals surface area contributed by atoms with Crippen molar-refractivity contribution in [3.8, 4) is 17.2 Å². The Morgan fingerprint density at radius 1 is 1.15 bits per heavy atom. The summed E-state index contributed by atoms with van der Waals surface area (Å²) < 4.78 is 0. The van der Waals surface area contributed by atoms with Crippen LogP contribution < -0.4 is 10.6 Å². The molecule has 3 aromatic rings. The Balaban J connectivity index is 1.89. The van der Waals surface area contributed by atoms with Gasteiger partial charge in [0.2, 0.25) is 5.91 Å². The molecule has 5 heteroatoms. The number of aromatic nitrogens is 1. The third kappa shape index (κ3) is 4.17. The van der Waals surface area contributed by atoms with Gasteiger partial charge in [0.25, 0.3) is 0 Å². The second-order valence-corrected chi connectivity index (χ2v) is 6.08. The Morgan fingerprint density at radius 2 is 2.04 bits per heavy atom. The number of hydrogen-bond acceptors (Lipinski definition) is 4. The van der Waals surface area contributed by atoms with E-state index in [1.54, 1.807) is 12.3 Å². The molecule has 0 saturated heterocycles. The molecule has 1 heterocycles. The SMILES string of the molecule is CC(=O)NCCCNc1cc(-c2cccc(C#N)c2)cc2ccncc12. The third-order valence-electron chi connectivity index (χ3n) is 4.12. The number of nitrogens with one attached hydrogen (secondary N) is 2. The molecular formula is C21H20N4O. The standard InChI is InChI=1S/C21H20N4O/c1-15(26)24-7-3-8-25-21-12-19(11-18-6-9-23-14-20(18)21)17-5-2-4-16(10-17)13-22/h2,4-6,9-12,14,25H,3,7-8H2,1H3,(H,24,26). The number of amides is 1. The van der Waals surface area contributed by atoms with Crippen molar-refractivity contribution in [2.24, 2.45) is 0 Å². The monoisotopic (exact) mass is 344 g/mol. The molecule has 1 amide bonds. The molecule has 3 rings (SSSR count). The molecule has 2 aromatic carbocycles. The van der Waals surface area contributed by atoms with Crippen LogP contribution in [0.2, 0.25) is 0 Å². The first-order valence-electron chi connectivity index (χ1n) is 8.54. The fraction of sp³-hybridized carbons (Fsp3) is 0.190. The summed E-state index contributed by atoms with van der Waals surface area (Å²) in [7, 11) is 0. The fourth-order valence-electron chi connectivity index (χ4n) is 2.86. The molecule has 130 valence electrons. The van der Waals surface area contributed by atoms with Crippen molar-refractivity contribution in [3.63, 3.8) is 0 Å². The van der Waals surface area contributed by atoms with Crippen LogP contribution in [0, 0.1) is 11.3 Å². The van der Waals surface area contributed by atoms with Crippen LogP contribution in [0.5, 0.6) is 0 Å². The Labute approximate surface area is 152 Å². The lowest BCUT2D eigenvalue weighted by atomic mass is 9.99. The van der Waals surface area contributed by atoms with E-state index in [1.807, 2.05) is 30.5 Å². The fourth-order valence-corrected chi connectivity index (χ4v) is 2.86. The molecule has 0 atom stereocenters. The van der Waals surface area contributed by atoms with Crippen LogP contribution in [0.4, 0.5) is 5.69 Å². The Kier molecular flexibility index (Phi) is 5.45. The van der Waals surface area contributed by atoms with E-state index in [-0.39, 0.29) is 5.91 Å². The Bertz CT molecular complexity index is 975. The third-order valence-corrected chi connectivity index (χ3v) is 4.12. The molecule has 2 N–H and O–H groups in total. The second-order valence-electron chi connectivity index (χ2n) is 6.08. The highest BCUT2D eigenvalue weighted by Crippen LogP contribution is 2.31. The van der Waals surface area contributed by atoms with Crippen LogP contribution >= 0.6 is 0 Å². The van der Waals surface area contributed by atoms with Gasteiger partial charge in [-0.25, -0.2) is 0 Å². The molecule has 0 unspecified atom stereocenters. The van der Waals surface area contributed by atoms with Crippen LogP contribution in [0.3, 0.4) is 0 Å². The molecular weight excluding hydrogens is 324 g/mol. The molecule has 0 aliphatic heterocycles. The van der Waals surface area contributed by atoms with Crippen molar-refractivity contribution in [1.82, 2.24) is 10.3 Å². The quantitative estimate of drug-likeness (QED) is 0.668. The van der Waals surface area contributed by atoms with Gasteiger partial charge in [-0.2, -0.15) is 5.26 Å². The first kappa shape index (κ1) is 17.4. The number of anilines is 1. The summed E-state index contributed by atoms with van der Waals surface area (Å²) in [5, 5.41) is 17.5. The maximum Gasteiger partial charge on any atom is 0.216 e. The number of fused-ring (bicyclic) bond motifs is 1. The Morgan fingerprint density at radius 3 is 2.85 bits per heavy atom. The largest absolute Gasteiger partial charge is 0.384 e. The molecule has 5 nitrogen and oxygen atoms in total. The predicted octanol–water partition coefficient (Wildman–Crippen LogP) is 3.71. The number of carbonyl (C=O) groups is 1. The summed E-state index contributed by atoms with van der Waals surface area (Å²) in [5.74, 6) is -0.0148. The minimum absolute atomic E-state index is 0.0148. The van der Waals surface area contributed by atoms with Crippen LogP contribution in [0.25, 0.3) is 21.9 Å². The lowest BCUT2D eigenvalue weighted by Gasteiger charge is -2.13. The number of nitriles is 1. The van der Waals surface area contributed by atoms with E-state index in [0.29, 0.717) is 12.1 Å². The number of rotatable bonds is 6. The minimum atomic E-state index is -0.0148. The zero-order valence-corrected chi connectivity index (χ0v) is 14.6. The number of hydrogen-bond donors (Lipinski definition) is 2. The minimum Gasteiger partial charge on any atom is -0.384 e. The molecule has 0 spiro atoms. The van der Waals surface area contributed by atoms with Gasteiger partial charge in [0.1, 0.15) is 0 Å². The molecule has 0 bridgehead atoms. The van der Waals surface area contributed by atoms with E-state index in [4.69, 9.17) is 5.26 Å². The first-order chi connectivity index (χ1) is 12.7. The topological polar surface area (TPSA) is 77.8 Å². The molecule has 1 aromatic heterocycles. The van der Waals surface area contributed by atoms with E-state index in [1.165, 1.54) is 6.92 Å². The highest BCUT2D eigenvalue weighted by atomic mass is 16.1. The molecule has 0 saturated carbocycles. The van der Waals surface area contributed by atoms with Gasteiger partial charge in [-0.1, -0.05) is 12.1 Å². The van der Waals surface area contributed by atoms with Gasteiger partial charge in [0, 0.05) is 43.5 Å². The number of nitrogens with zero attached hydrogens (tertiary/aromatic N) is 2. The summed E-state index contributed by atoms with van der Waals surface area (Å²) in [6.45, 7) is 2.90. The van der Waals surface area contributed by atoms with Gasteiger partial charge in [-0.05, 0) is 53.3 Å². The van der Waals surface area contributed by atoms with Crippen LogP contribution in [-0.2, 0) is 4.79 Å². The van der Waals surface area contributed by atoms with Crippen molar-refractivity contribution in [3.05, 3.63) is 60.4 Å². The predicted molar refractivity (Wildman–Crippen MR) is 104 cm³/mol. The normalized spacial score (nSPS) is 10.3. The number of benzene rings is 2. The van der Waals surface area contributed by atoms with Gasteiger partial charge in [-0.15, -0.1) is 0 Å². The maximum absolute atomic E-state index is 10.9. The zero-order chi connectivity index (χ0) is 18.4. The van der Waals surface area contributed by atoms with Crippen molar-refractivity contribution in [2.45, 2.75) is 13.3 Å². The zero-order valence-electron chi connectivity index (χ0n) is 14.6. The lowest BCUT2D eigenvalue weighted by Crippen LogP contribution is -2.22. The average Bonchev–Trinajstić information content (AvgIpc) is 2.67. The van der Waals surface area contributed by atoms with Gasteiger partial charge in [0.15, 0.2) is 0 Å². The van der Waals surface area contributed by atoms with Crippen molar-refractivity contribution in [2.75, 3.05) is 18.4 Å². The van der Waals surface area contributed by atoms with Crippen molar-refractivity contribution in [1.29, 1.82) is 5.26 Å². The van der Waals surface area contributed by atoms with Crippen molar-refractivity contribution >= 4 is 22.4 Å². The van der Waals surface area contributed by atoms with E-state index in [0.717, 1.165) is 40.6 Å². The summed E-state index contributed by atoms with van der Waals surface area (Å²) in [6.07, 6.45) is 4.45. The van der Waals surface area contributed by atoms with E-state index >= 15 is 0 Å². The van der Waals surface area contributed by atoms with Gasteiger partial charge >= 0.3 is 0 Å². The number of pyridine rings is 1. The average molecular weight is 344 g/mol. The molecule has 0 fully saturated rings. The summed E-state index contributed by atoms with van der Waals surface area (Å²) in [6, 6.07) is 15.9. The van der Waals surface area contributed by atoms with Gasteiger partial charge < -0.3 is 10.6 Å². The van der Waals surface area contributed by atoms with Crippen LogP contribution in [0.1, 0.15) is 18.9 Å². The highest BCUT2D eigenvalue weighted by molar-refractivity contribution is 5.97. The maximum atomic E-state index is 10.9. The summed E-state index contributed by atoms with van der Waals surface area (Å²) >= 11 is 0. The number of carbonyl (C=O) groups excluding carboxylic acids is 1. The van der Waals surface area contributed by atoms with Crippen LogP contribution in [0.15, 0.2) is 54.9 Å². The lowest BCUT2D eigenvalue weighted by molar-refractivity contribution is -0.118. The van der Waals surface area contributed by atoms with Crippen LogP contribution in [-0.4, -0.2) is 24.0 Å². The van der Waals surface area contributed by atoms with Gasteiger partial charge in [-0.3, -0.25) is 9.78 Å². The Hall–Kier alpha value is -3.39. The van der Waals surface area contributed by atoms with Gasteiger partial charge in [0.05, 0.1) is 11.6 Å². The molecule has 0 radical (unpaired) electrons. The smallest absolute Gasteiger partial charge is 0.216 e. The van der Waals surface area contributed by atoms with E-state index in [9.17, 15) is 4.79 Å². The highest BCUT2D eigenvalue weighted by Gasteiger charge is 2.07. The summed E-state index contributed by atoms with van der Waals surface area (Å²) in [4.78, 5) is 15.2. The molecule has 0 aliphatic rings. The molecule has 0 aliphatic carbocycles.